The minimum Gasteiger partial charge on any atom is -0.273 e. The average molecular weight is 530 g/mol. The Labute approximate surface area is 230 Å². The van der Waals surface area contributed by atoms with E-state index in [0.717, 1.165) is 16.2 Å². The third kappa shape index (κ3) is 5.06. The van der Waals surface area contributed by atoms with E-state index >= 15 is 0 Å². The van der Waals surface area contributed by atoms with Gasteiger partial charge < -0.3 is 0 Å². The molecule has 0 bridgehead atoms. The molecule has 0 unspecified atom stereocenters. The highest BCUT2D eigenvalue weighted by molar-refractivity contribution is 6.19. The fraction of sp³-hybridized carbons (Fsp3) is 0.0968. The molecule has 3 aromatic carbocycles. The third-order valence-corrected chi connectivity index (χ3v) is 6.69. The van der Waals surface area contributed by atoms with Crippen LogP contribution in [0.3, 0.4) is 0 Å². The first kappa shape index (κ1) is 26.0. The highest BCUT2D eigenvalue weighted by Gasteiger charge is 2.35. The van der Waals surface area contributed by atoms with Gasteiger partial charge in [-0.2, -0.15) is 10.4 Å². The third-order valence-electron chi connectivity index (χ3n) is 6.69. The van der Waals surface area contributed by atoms with Crippen LogP contribution in [0.4, 0.5) is 5.69 Å². The number of nitrogens with zero attached hydrogens (tertiary/aromatic N) is 5. The topological polar surface area (TPSA) is 122 Å². The summed E-state index contributed by atoms with van der Waals surface area (Å²) in [5.74, 6) is -1.15. The number of hydrogen-bond acceptors (Lipinski definition) is 6. The molecule has 0 radical (unpaired) electrons. The number of rotatable bonds is 7. The zero-order valence-corrected chi connectivity index (χ0v) is 21.5. The minimum absolute atomic E-state index is 0.0976. The second-order valence-corrected chi connectivity index (χ2v) is 9.19. The van der Waals surface area contributed by atoms with Crippen LogP contribution in [0.15, 0.2) is 108 Å². The number of amides is 2. The Balaban J connectivity index is 1.62. The van der Waals surface area contributed by atoms with Crippen molar-refractivity contribution in [1.82, 2.24) is 14.7 Å². The normalized spacial score (nSPS) is 14.5. The molecule has 1 aromatic heterocycles. The van der Waals surface area contributed by atoms with Gasteiger partial charge in [-0.25, -0.2) is 4.68 Å². The molecule has 9 heteroatoms. The lowest BCUT2D eigenvalue weighted by molar-refractivity contribution is -0.384. The van der Waals surface area contributed by atoms with Crippen molar-refractivity contribution in [1.29, 1.82) is 5.26 Å². The van der Waals surface area contributed by atoms with Crippen LogP contribution in [0, 0.1) is 21.4 Å². The molecule has 0 spiro atoms. The van der Waals surface area contributed by atoms with Crippen molar-refractivity contribution in [3.05, 3.63) is 129 Å². The monoisotopic (exact) mass is 529 g/mol. The lowest BCUT2D eigenvalue weighted by atomic mass is 9.93. The highest BCUT2D eigenvalue weighted by Crippen LogP contribution is 2.32. The van der Waals surface area contributed by atoms with E-state index in [0.29, 0.717) is 23.2 Å². The maximum absolute atomic E-state index is 13.7. The van der Waals surface area contributed by atoms with E-state index in [2.05, 4.69) is 0 Å². The Morgan fingerprint density at radius 3 is 2.35 bits per heavy atom. The summed E-state index contributed by atoms with van der Waals surface area (Å²) < 4.78 is 1.62. The zero-order valence-electron chi connectivity index (χ0n) is 21.5. The molecule has 2 heterocycles. The van der Waals surface area contributed by atoms with Crippen molar-refractivity contribution < 1.29 is 14.5 Å². The van der Waals surface area contributed by atoms with Crippen LogP contribution in [0.25, 0.3) is 23.0 Å². The maximum Gasteiger partial charge on any atom is 0.271 e. The molecule has 0 saturated carbocycles. The number of nitro groups is 1. The fourth-order valence-corrected chi connectivity index (χ4v) is 4.57. The van der Waals surface area contributed by atoms with Gasteiger partial charge in [0.2, 0.25) is 0 Å². The van der Waals surface area contributed by atoms with E-state index in [9.17, 15) is 25.0 Å². The number of nitro benzene ring substituents is 1. The molecular weight excluding hydrogens is 506 g/mol. The number of para-hydroxylation sites is 1. The number of hydrogen-bond donors (Lipinski definition) is 0. The van der Waals surface area contributed by atoms with Crippen molar-refractivity contribution in [3.8, 4) is 23.0 Å². The van der Waals surface area contributed by atoms with Gasteiger partial charge in [-0.1, -0.05) is 60.7 Å². The maximum atomic E-state index is 13.7. The number of non-ortho nitro benzene ring substituents is 1. The van der Waals surface area contributed by atoms with Crippen LogP contribution < -0.4 is 0 Å². The highest BCUT2D eigenvalue weighted by atomic mass is 16.6. The summed E-state index contributed by atoms with van der Waals surface area (Å²) in [5, 5.41) is 25.9. The van der Waals surface area contributed by atoms with Gasteiger partial charge >= 0.3 is 0 Å². The van der Waals surface area contributed by atoms with Crippen molar-refractivity contribution >= 4 is 23.6 Å². The summed E-state index contributed by atoms with van der Waals surface area (Å²) in [6, 6.07) is 26.8. The van der Waals surface area contributed by atoms with Gasteiger partial charge in [0.25, 0.3) is 17.5 Å². The van der Waals surface area contributed by atoms with Gasteiger partial charge in [0.1, 0.15) is 17.3 Å². The van der Waals surface area contributed by atoms with Crippen LogP contribution in [0.1, 0.15) is 18.1 Å². The average Bonchev–Trinajstić information content (AvgIpc) is 3.40. The zero-order chi connectivity index (χ0) is 28.2. The molecule has 4 aromatic rings. The van der Waals surface area contributed by atoms with E-state index in [1.165, 1.54) is 12.1 Å². The summed E-state index contributed by atoms with van der Waals surface area (Å²) in [7, 11) is 0. The molecule has 0 fully saturated rings. The Kier molecular flexibility index (Phi) is 7.16. The lowest BCUT2D eigenvalue weighted by Gasteiger charge is -2.27. The number of imide groups is 1. The van der Waals surface area contributed by atoms with Crippen molar-refractivity contribution in [3.63, 3.8) is 0 Å². The molecule has 0 aliphatic carbocycles. The number of carbonyl (C=O) groups is 2. The van der Waals surface area contributed by atoms with Gasteiger partial charge in [-0.15, -0.1) is 0 Å². The molecular formula is C31H23N5O4. The lowest BCUT2D eigenvalue weighted by Crippen LogP contribution is -2.43. The first-order valence-corrected chi connectivity index (χ1v) is 12.5. The van der Waals surface area contributed by atoms with Gasteiger partial charge in [-0.05, 0) is 42.7 Å². The Morgan fingerprint density at radius 2 is 1.68 bits per heavy atom. The Morgan fingerprint density at radius 1 is 0.975 bits per heavy atom. The summed E-state index contributed by atoms with van der Waals surface area (Å²) in [4.78, 5) is 38.8. The number of aromatic nitrogens is 2. The van der Waals surface area contributed by atoms with Gasteiger partial charge in [-0.3, -0.25) is 24.6 Å². The molecule has 5 rings (SSSR count). The molecule has 1 aliphatic heterocycles. The van der Waals surface area contributed by atoms with Crippen LogP contribution in [0.2, 0.25) is 0 Å². The van der Waals surface area contributed by atoms with Crippen molar-refractivity contribution in [2.45, 2.75) is 13.3 Å². The molecule has 0 N–H and O–H groups in total. The summed E-state index contributed by atoms with van der Waals surface area (Å²) >= 11 is 0. The molecule has 9 nitrogen and oxygen atoms in total. The van der Waals surface area contributed by atoms with E-state index < -0.39 is 16.7 Å². The summed E-state index contributed by atoms with van der Waals surface area (Å²) in [5.41, 5.74) is 3.35. The van der Waals surface area contributed by atoms with Gasteiger partial charge in [0.15, 0.2) is 0 Å². The first-order chi connectivity index (χ1) is 19.4. The molecule has 40 heavy (non-hydrogen) atoms. The Hall–Kier alpha value is -5.62. The van der Waals surface area contributed by atoms with Crippen LogP contribution in [-0.2, 0) is 16.0 Å². The minimum atomic E-state index is -0.628. The molecule has 196 valence electrons. The van der Waals surface area contributed by atoms with E-state index in [1.807, 2.05) is 66.7 Å². The van der Waals surface area contributed by atoms with E-state index in [1.54, 1.807) is 36.0 Å². The van der Waals surface area contributed by atoms with Crippen LogP contribution in [-0.4, -0.2) is 38.0 Å². The predicted molar refractivity (Wildman–Crippen MR) is 149 cm³/mol. The SMILES string of the molecule is CC1=C(C#N)C(=O)N(CCc2ccccc2)C(=O)/C1=C/c1cn(-c2ccccc2)nc1-c1cccc([N+](=O)[O-])c1. The molecule has 0 atom stereocenters. The van der Waals surface area contributed by atoms with Gasteiger partial charge in [0, 0.05) is 41.6 Å². The number of benzene rings is 3. The quantitative estimate of drug-likeness (QED) is 0.139. The summed E-state index contributed by atoms with van der Waals surface area (Å²) in [6.07, 6.45) is 3.75. The second kappa shape index (κ2) is 11.0. The Bertz CT molecular complexity index is 1730. The molecule has 1 aliphatic rings. The summed E-state index contributed by atoms with van der Waals surface area (Å²) in [6.45, 7) is 1.68. The standard InChI is InChI=1S/C31H23N5O4/c1-21-27(30(37)34(31(38)28(21)19-32)16-15-22-9-4-2-5-10-22)18-24-20-35(25-12-6-3-7-13-25)33-29(24)23-11-8-14-26(17-23)36(39)40/h2-14,17-18,20H,15-16H2,1H3/b27-18+. The van der Waals surface area contributed by atoms with Gasteiger partial charge in [0.05, 0.1) is 10.6 Å². The second-order valence-electron chi connectivity index (χ2n) is 9.19. The smallest absolute Gasteiger partial charge is 0.271 e. The number of nitriles is 1. The fourth-order valence-electron chi connectivity index (χ4n) is 4.57. The largest absolute Gasteiger partial charge is 0.273 e. The van der Waals surface area contributed by atoms with Crippen LogP contribution >= 0.6 is 0 Å². The van der Waals surface area contributed by atoms with Crippen LogP contribution in [0.5, 0.6) is 0 Å². The molecule has 2 amide bonds. The van der Waals surface area contributed by atoms with Crippen molar-refractivity contribution in [2.24, 2.45) is 0 Å². The number of carbonyl (C=O) groups excluding carboxylic acids is 2. The van der Waals surface area contributed by atoms with Crippen molar-refractivity contribution in [2.75, 3.05) is 6.54 Å². The van der Waals surface area contributed by atoms with E-state index in [4.69, 9.17) is 5.10 Å². The predicted octanol–water partition coefficient (Wildman–Crippen LogP) is 5.28. The first-order valence-electron chi connectivity index (χ1n) is 12.5. The van der Waals surface area contributed by atoms with E-state index in [-0.39, 0.29) is 29.0 Å². The molecule has 0 saturated heterocycles.